The summed E-state index contributed by atoms with van der Waals surface area (Å²) in [5, 5.41) is 10.5. The Morgan fingerprint density at radius 3 is 2.85 bits per heavy atom. The minimum Gasteiger partial charge on any atom is -0.375 e. The fourth-order valence-corrected chi connectivity index (χ4v) is 2.35. The first-order chi connectivity index (χ1) is 5.97. The number of alkyl halides is 2. The van der Waals surface area contributed by atoms with E-state index < -0.39 is 7.25 Å². The van der Waals surface area contributed by atoms with Gasteiger partial charge < -0.3 is 4.74 Å². The Morgan fingerprint density at radius 1 is 1.85 bits per heavy atom. The number of ether oxygens (including phenoxy) is 1. The predicted molar refractivity (Wildman–Crippen MR) is 60.7 cm³/mol. The summed E-state index contributed by atoms with van der Waals surface area (Å²) < 4.78 is 4.60. The second-order valence-electron chi connectivity index (χ2n) is 2.52. The first-order valence-corrected chi connectivity index (χ1v) is 5.30. The molecule has 0 fully saturated rings. The molecule has 1 rings (SSSR count). The number of hydrogen-bond acceptors (Lipinski definition) is 3. The Morgan fingerprint density at radius 2 is 2.46 bits per heavy atom. The fraction of sp³-hybridized carbons (Fsp3) is 0.429. The van der Waals surface area contributed by atoms with E-state index in [0.717, 1.165) is 0 Å². The first kappa shape index (κ1) is 11.1. The normalized spacial score (nSPS) is 32.8. The molecule has 0 aliphatic heterocycles. The van der Waals surface area contributed by atoms with Gasteiger partial charge in [-0.25, -0.2) is 0 Å². The molecule has 2 atom stereocenters. The monoisotopic (exact) mass is 359 g/mol. The van der Waals surface area contributed by atoms with Crippen molar-refractivity contribution in [1.29, 1.82) is 0 Å². The summed E-state index contributed by atoms with van der Waals surface area (Å²) in [6.45, 7) is 0. The van der Waals surface area contributed by atoms with Crippen LogP contribution in [0.1, 0.15) is 0 Å². The lowest BCUT2D eigenvalue weighted by Gasteiger charge is -2.25. The maximum atomic E-state index is 10.5. The molecule has 0 saturated carbocycles. The molecule has 13 heavy (non-hydrogen) atoms. The van der Waals surface area contributed by atoms with Gasteiger partial charge in [-0.3, -0.25) is 10.1 Å². The van der Waals surface area contributed by atoms with E-state index in [2.05, 4.69) is 38.5 Å². The molecule has 72 valence electrons. The van der Waals surface area contributed by atoms with Gasteiger partial charge in [0, 0.05) is 19.3 Å². The summed E-state index contributed by atoms with van der Waals surface area (Å²) in [7, 11) is 1.56. The Balaban J connectivity index is 2.94. The van der Waals surface area contributed by atoms with E-state index in [4.69, 9.17) is 4.74 Å². The maximum Gasteiger partial charge on any atom is 0.267 e. The molecular formula is C7H7BrINO3. The molecular weight excluding hydrogens is 353 g/mol. The van der Waals surface area contributed by atoms with Gasteiger partial charge in [-0.1, -0.05) is 38.5 Å². The fourth-order valence-electron chi connectivity index (χ4n) is 0.991. The van der Waals surface area contributed by atoms with Gasteiger partial charge in [-0.15, -0.1) is 0 Å². The summed E-state index contributed by atoms with van der Waals surface area (Å²) in [6.07, 6.45) is 4.46. The van der Waals surface area contributed by atoms with E-state index >= 15 is 0 Å². The molecule has 0 amide bonds. The largest absolute Gasteiger partial charge is 0.375 e. The summed E-state index contributed by atoms with van der Waals surface area (Å²) in [5.74, 6) is 0. The number of nitrogens with zero attached hydrogens (tertiary/aromatic N) is 1. The smallest absolute Gasteiger partial charge is 0.267 e. The quantitative estimate of drug-likeness (QED) is 0.329. The number of hydrogen-bond donors (Lipinski definition) is 0. The first-order valence-electron chi connectivity index (χ1n) is 3.43. The topological polar surface area (TPSA) is 52.4 Å². The SMILES string of the molecule is COC1C=CC([N+](=O)[O-])=CC1(Br)I. The minimum absolute atomic E-state index is 0.0829. The molecule has 2 unspecified atom stereocenters. The van der Waals surface area contributed by atoms with Crippen LogP contribution in [0.4, 0.5) is 0 Å². The second-order valence-corrected chi connectivity index (χ2v) is 7.10. The van der Waals surface area contributed by atoms with Crippen LogP contribution in [0.5, 0.6) is 0 Å². The Kier molecular flexibility index (Phi) is 3.47. The highest BCUT2D eigenvalue weighted by molar-refractivity contribution is 14.1. The molecule has 1 aliphatic rings. The summed E-state index contributed by atoms with van der Waals surface area (Å²) in [4.78, 5) is 10.0. The molecule has 0 N–H and O–H groups in total. The van der Waals surface area contributed by atoms with Crippen LogP contribution in [0.2, 0.25) is 0 Å². The lowest BCUT2D eigenvalue weighted by Crippen LogP contribution is -2.31. The molecule has 6 heteroatoms. The van der Waals surface area contributed by atoms with Crippen molar-refractivity contribution in [3.05, 3.63) is 34.0 Å². The zero-order chi connectivity index (χ0) is 10.1. The van der Waals surface area contributed by atoms with E-state index in [9.17, 15) is 10.1 Å². The van der Waals surface area contributed by atoms with E-state index in [0.29, 0.717) is 0 Å². The van der Waals surface area contributed by atoms with Crippen LogP contribution < -0.4 is 0 Å². The van der Waals surface area contributed by atoms with Gasteiger partial charge >= 0.3 is 0 Å². The summed E-state index contributed by atoms with van der Waals surface area (Å²) in [5.41, 5.74) is 0.0829. The number of methoxy groups -OCH3 is 1. The van der Waals surface area contributed by atoms with Crippen molar-refractivity contribution >= 4 is 38.5 Å². The van der Waals surface area contributed by atoms with Gasteiger partial charge in [0.2, 0.25) is 0 Å². The molecule has 0 radical (unpaired) electrons. The number of nitro groups is 1. The van der Waals surface area contributed by atoms with Crippen LogP contribution >= 0.6 is 38.5 Å². The highest BCUT2D eigenvalue weighted by atomic mass is 127. The molecule has 0 heterocycles. The Labute approximate surface area is 97.4 Å². The van der Waals surface area contributed by atoms with Crippen molar-refractivity contribution in [1.82, 2.24) is 0 Å². The second kappa shape index (κ2) is 4.05. The average molecular weight is 360 g/mol. The molecule has 0 aromatic heterocycles. The predicted octanol–water partition coefficient (Wildman–Crippen LogP) is 2.26. The molecule has 0 aromatic rings. The van der Waals surface area contributed by atoms with Crippen molar-refractivity contribution in [3.8, 4) is 0 Å². The van der Waals surface area contributed by atoms with Crippen molar-refractivity contribution < 1.29 is 9.66 Å². The van der Waals surface area contributed by atoms with Crippen LogP contribution in [0.3, 0.4) is 0 Å². The highest BCUT2D eigenvalue weighted by Crippen LogP contribution is 2.38. The molecule has 0 saturated heterocycles. The van der Waals surface area contributed by atoms with E-state index in [-0.39, 0.29) is 11.8 Å². The van der Waals surface area contributed by atoms with E-state index in [1.165, 1.54) is 12.2 Å². The summed E-state index contributed by atoms with van der Waals surface area (Å²) >= 11 is 5.42. The number of allylic oxidation sites excluding steroid dienone is 1. The molecule has 4 nitrogen and oxygen atoms in total. The van der Waals surface area contributed by atoms with Crippen LogP contribution in [-0.4, -0.2) is 20.5 Å². The number of rotatable bonds is 2. The minimum atomic E-state index is -0.531. The van der Waals surface area contributed by atoms with E-state index in [1.54, 1.807) is 13.2 Å². The molecule has 0 spiro atoms. The van der Waals surface area contributed by atoms with Crippen LogP contribution in [0, 0.1) is 10.1 Å². The third-order valence-electron chi connectivity index (χ3n) is 1.63. The lowest BCUT2D eigenvalue weighted by molar-refractivity contribution is -0.419. The number of halogens is 2. The highest BCUT2D eigenvalue weighted by Gasteiger charge is 2.35. The summed E-state index contributed by atoms with van der Waals surface area (Å²) in [6, 6.07) is 0. The van der Waals surface area contributed by atoms with E-state index in [1.807, 2.05) is 0 Å². The van der Waals surface area contributed by atoms with Crippen molar-refractivity contribution in [3.63, 3.8) is 0 Å². The van der Waals surface area contributed by atoms with Crippen LogP contribution in [0.15, 0.2) is 23.9 Å². The molecule has 1 aliphatic carbocycles. The zero-order valence-electron chi connectivity index (χ0n) is 6.74. The average Bonchev–Trinajstić information content (AvgIpc) is 2.02. The third-order valence-corrected chi connectivity index (χ3v) is 3.23. The van der Waals surface area contributed by atoms with Gasteiger partial charge in [-0.2, -0.15) is 0 Å². The lowest BCUT2D eigenvalue weighted by atomic mass is 10.1. The van der Waals surface area contributed by atoms with Crippen molar-refractivity contribution in [2.24, 2.45) is 0 Å². The zero-order valence-corrected chi connectivity index (χ0v) is 10.5. The van der Waals surface area contributed by atoms with Crippen LogP contribution in [0.25, 0.3) is 0 Å². The maximum absolute atomic E-state index is 10.5. The van der Waals surface area contributed by atoms with Gasteiger partial charge in [0.1, 0.15) is 8.43 Å². The molecule has 0 aromatic carbocycles. The van der Waals surface area contributed by atoms with Gasteiger partial charge in [0.05, 0.1) is 4.92 Å². The van der Waals surface area contributed by atoms with Gasteiger partial charge in [-0.05, 0) is 6.08 Å². The van der Waals surface area contributed by atoms with Crippen molar-refractivity contribution in [2.45, 2.75) is 8.43 Å². The van der Waals surface area contributed by atoms with Crippen molar-refractivity contribution in [2.75, 3.05) is 7.11 Å². The third kappa shape index (κ3) is 2.50. The Hall–Kier alpha value is 0.0500. The van der Waals surface area contributed by atoms with Crippen LogP contribution in [-0.2, 0) is 4.74 Å². The van der Waals surface area contributed by atoms with Gasteiger partial charge in [0.15, 0.2) is 0 Å². The molecule has 0 bridgehead atoms. The van der Waals surface area contributed by atoms with Gasteiger partial charge in [0.25, 0.3) is 5.70 Å². The Bertz CT molecular complexity index is 287. The standard InChI is InChI=1S/C7H7BrINO3/c1-13-6-3-2-5(10(11)12)4-7(6,8)9/h2-4,6H,1H3.